The smallest absolute Gasteiger partial charge is 0.260 e. The summed E-state index contributed by atoms with van der Waals surface area (Å²) in [5, 5.41) is 14.5. The first-order chi connectivity index (χ1) is 14.0. The lowest BCUT2D eigenvalue weighted by atomic mass is 10.2. The van der Waals surface area contributed by atoms with Gasteiger partial charge in [0.15, 0.2) is 5.11 Å². The van der Waals surface area contributed by atoms with Crippen molar-refractivity contribution in [3.05, 3.63) is 83.1 Å². The summed E-state index contributed by atoms with van der Waals surface area (Å²) in [4.78, 5) is 13.7. The van der Waals surface area contributed by atoms with Gasteiger partial charge in [-0.05, 0) is 48.6 Å². The van der Waals surface area contributed by atoms with E-state index in [1.807, 2.05) is 30.3 Å². The van der Waals surface area contributed by atoms with Crippen LogP contribution in [0.15, 0.2) is 66.7 Å². The molecule has 1 heterocycles. The molecule has 0 radical (unpaired) electrons. The molecule has 0 saturated heterocycles. The van der Waals surface area contributed by atoms with E-state index in [-0.39, 0.29) is 10.7 Å². The fourth-order valence-corrected chi connectivity index (χ4v) is 3.09. The number of nitrogens with zero attached hydrogens (tertiary/aromatic N) is 3. The second-order valence-electron chi connectivity index (χ2n) is 6.03. The number of hydrogen-bond donors (Lipinski definition) is 2. The maximum atomic E-state index is 13.7. The number of anilines is 1. The van der Waals surface area contributed by atoms with Gasteiger partial charge in [-0.25, -0.2) is 4.39 Å². The van der Waals surface area contributed by atoms with Crippen LogP contribution >= 0.6 is 23.8 Å². The van der Waals surface area contributed by atoms with Crippen molar-refractivity contribution in [3.8, 4) is 5.69 Å². The highest BCUT2D eigenvalue weighted by atomic mass is 35.5. The minimum atomic E-state index is -0.659. The molecule has 2 N–H and O–H groups in total. The number of para-hydroxylation sites is 1. The molecule has 0 aliphatic rings. The van der Waals surface area contributed by atoms with Crippen molar-refractivity contribution in [2.75, 3.05) is 5.32 Å². The SMILES string of the molecule is O=C(NC(=S)Nc1cc2nn(-c3ccccc3)nc2cc1Cl)c1ccccc1F. The molecule has 1 aromatic heterocycles. The van der Waals surface area contributed by atoms with Gasteiger partial charge >= 0.3 is 0 Å². The van der Waals surface area contributed by atoms with Crippen LogP contribution in [-0.4, -0.2) is 26.0 Å². The largest absolute Gasteiger partial charge is 0.331 e. The van der Waals surface area contributed by atoms with Crippen molar-refractivity contribution < 1.29 is 9.18 Å². The van der Waals surface area contributed by atoms with E-state index >= 15 is 0 Å². The van der Waals surface area contributed by atoms with E-state index < -0.39 is 11.7 Å². The van der Waals surface area contributed by atoms with Gasteiger partial charge in [0.2, 0.25) is 0 Å². The zero-order valence-electron chi connectivity index (χ0n) is 14.8. The molecule has 1 amide bonds. The number of amides is 1. The number of carbonyl (C=O) groups is 1. The van der Waals surface area contributed by atoms with Gasteiger partial charge in [-0.15, -0.1) is 10.2 Å². The van der Waals surface area contributed by atoms with Crippen molar-refractivity contribution in [1.82, 2.24) is 20.3 Å². The molecular formula is C20H13ClFN5OS. The molecule has 0 spiro atoms. The first-order valence-electron chi connectivity index (χ1n) is 8.50. The molecule has 0 unspecified atom stereocenters. The zero-order chi connectivity index (χ0) is 20.4. The first-order valence-corrected chi connectivity index (χ1v) is 9.29. The Hall–Kier alpha value is -3.36. The second-order valence-corrected chi connectivity index (χ2v) is 6.85. The van der Waals surface area contributed by atoms with Crippen LogP contribution in [0.25, 0.3) is 16.7 Å². The molecular weight excluding hydrogens is 413 g/mol. The number of hydrogen-bond acceptors (Lipinski definition) is 4. The van der Waals surface area contributed by atoms with E-state index in [9.17, 15) is 9.18 Å². The summed E-state index contributed by atoms with van der Waals surface area (Å²) in [6, 6.07) is 18.4. The Morgan fingerprint density at radius 3 is 2.38 bits per heavy atom. The number of nitrogens with one attached hydrogen (secondary N) is 2. The summed E-state index contributed by atoms with van der Waals surface area (Å²) in [6.07, 6.45) is 0. The minimum absolute atomic E-state index is 0.0186. The molecule has 29 heavy (non-hydrogen) atoms. The molecule has 144 valence electrons. The summed E-state index contributed by atoms with van der Waals surface area (Å²) >= 11 is 11.5. The van der Waals surface area contributed by atoms with Gasteiger partial charge in [-0.2, -0.15) is 4.80 Å². The summed E-state index contributed by atoms with van der Waals surface area (Å²) in [5.74, 6) is -1.29. The molecule has 0 aliphatic heterocycles. The summed E-state index contributed by atoms with van der Waals surface area (Å²) in [5.41, 5.74) is 2.33. The van der Waals surface area contributed by atoms with Gasteiger partial charge in [-0.3, -0.25) is 10.1 Å². The number of benzene rings is 3. The molecule has 3 aromatic carbocycles. The Bertz CT molecular complexity index is 1230. The molecule has 0 atom stereocenters. The Kier molecular flexibility index (Phi) is 5.20. The maximum absolute atomic E-state index is 13.7. The molecule has 4 rings (SSSR count). The Labute approximate surface area is 175 Å². The summed E-state index contributed by atoms with van der Waals surface area (Å²) in [6.45, 7) is 0. The van der Waals surface area contributed by atoms with Gasteiger partial charge in [0.05, 0.1) is 22.0 Å². The van der Waals surface area contributed by atoms with Crippen LogP contribution in [0.1, 0.15) is 10.4 Å². The Balaban J connectivity index is 1.54. The van der Waals surface area contributed by atoms with Crippen LogP contribution < -0.4 is 10.6 Å². The minimum Gasteiger partial charge on any atom is -0.331 e. The number of aromatic nitrogens is 3. The monoisotopic (exact) mass is 425 g/mol. The van der Waals surface area contributed by atoms with Gasteiger partial charge in [0.25, 0.3) is 5.91 Å². The maximum Gasteiger partial charge on any atom is 0.260 e. The predicted molar refractivity (Wildman–Crippen MR) is 114 cm³/mol. The van der Waals surface area contributed by atoms with Crippen molar-refractivity contribution in [1.29, 1.82) is 0 Å². The van der Waals surface area contributed by atoms with Crippen LogP contribution in [0.3, 0.4) is 0 Å². The highest BCUT2D eigenvalue weighted by Gasteiger charge is 2.14. The zero-order valence-corrected chi connectivity index (χ0v) is 16.3. The van der Waals surface area contributed by atoms with Crippen molar-refractivity contribution in [2.24, 2.45) is 0 Å². The number of carbonyl (C=O) groups excluding carboxylic acids is 1. The molecule has 6 nitrogen and oxygen atoms in total. The Morgan fingerprint density at radius 1 is 1.00 bits per heavy atom. The third-order valence-electron chi connectivity index (χ3n) is 4.05. The van der Waals surface area contributed by atoms with E-state index in [0.717, 1.165) is 5.69 Å². The Morgan fingerprint density at radius 2 is 1.66 bits per heavy atom. The average Bonchev–Trinajstić information content (AvgIpc) is 3.12. The number of thiocarbonyl (C=S) groups is 1. The second kappa shape index (κ2) is 7.94. The topological polar surface area (TPSA) is 71.8 Å². The normalized spacial score (nSPS) is 10.7. The van der Waals surface area contributed by atoms with Crippen LogP contribution in [0.5, 0.6) is 0 Å². The van der Waals surface area contributed by atoms with E-state index in [0.29, 0.717) is 21.7 Å². The summed E-state index contributed by atoms with van der Waals surface area (Å²) in [7, 11) is 0. The molecule has 0 bridgehead atoms. The lowest BCUT2D eigenvalue weighted by Gasteiger charge is -2.11. The molecule has 0 fully saturated rings. The molecule has 0 saturated carbocycles. The first kappa shape index (κ1) is 19.0. The van der Waals surface area contributed by atoms with Crippen molar-refractivity contribution in [3.63, 3.8) is 0 Å². The highest BCUT2D eigenvalue weighted by molar-refractivity contribution is 7.80. The van der Waals surface area contributed by atoms with Gasteiger partial charge in [-0.1, -0.05) is 41.9 Å². The number of fused-ring (bicyclic) bond motifs is 1. The van der Waals surface area contributed by atoms with Gasteiger partial charge in [0, 0.05) is 0 Å². The van der Waals surface area contributed by atoms with Crippen LogP contribution in [0.4, 0.5) is 10.1 Å². The van der Waals surface area contributed by atoms with Crippen LogP contribution in [0, 0.1) is 5.82 Å². The van der Waals surface area contributed by atoms with E-state index in [1.165, 1.54) is 23.0 Å². The van der Waals surface area contributed by atoms with Crippen LogP contribution in [0.2, 0.25) is 5.02 Å². The van der Waals surface area contributed by atoms with E-state index in [2.05, 4.69) is 20.8 Å². The van der Waals surface area contributed by atoms with Crippen molar-refractivity contribution >= 4 is 51.6 Å². The standard InChI is InChI=1S/C20H13ClFN5OS/c21-14-10-17-18(26-27(25-17)12-6-2-1-3-7-12)11-16(14)23-20(29)24-19(28)13-8-4-5-9-15(13)22/h1-11H,(H2,23,24,28,29). The highest BCUT2D eigenvalue weighted by Crippen LogP contribution is 2.27. The number of halogens is 2. The van der Waals surface area contributed by atoms with E-state index in [4.69, 9.17) is 23.8 Å². The van der Waals surface area contributed by atoms with E-state index in [1.54, 1.807) is 18.2 Å². The lowest BCUT2D eigenvalue weighted by molar-refractivity contribution is 0.0974. The molecule has 0 aliphatic carbocycles. The van der Waals surface area contributed by atoms with Crippen molar-refractivity contribution in [2.45, 2.75) is 0 Å². The molecule has 4 aromatic rings. The predicted octanol–water partition coefficient (Wildman–Crippen LogP) is 4.34. The lowest BCUT2D eigenvalue weighted by Crippen LogP contribution is -2.34. The number of rotatable bonds is 3. The quantitative estimate of drug-likeness (QED) is 0.478. The van der Waals surface area contributed by atoms with Gasteiger partial charge < -0.3 is 5.32 Å². The average molecular weight is 426 g/mol. The fourth-order valence-electron chi connectivity index (χ4n) is 2.68. The third-order valence-corrected chi connectivity index (χ3v) is 4.57. The summed E-state index contributed by atoms with van der Waals surface area (Å²) < 4.78 is 13.7. The molecule has 9 heteroatoms. The fraction of sp³-hybridized carbons (Fsp3) is 0. The van der Waals surface area contributed by atoms with Gasteiger partial charge in [0.1, 0.15) is 16.9 Å². The third kappa shape index (κ3) is 4.08. The van der Waals surface area contributed by atoms with Crippen LogP contribution in [-0.2, 0) is 0 Å².